The average Bonchev–Trinajstić information content (AvgIpc) is 2.27. The first-order valence-electron chi connectivity index (χ1n) is 4.26. The van der Waals surface area contributed by atoms with Crippen LogP contribution < -0.4 is 4.74 Å². The summed E-state index contributed by atoms with van der Waals surface area (Å²) < 4.78 is 8.92. The molecule has 0 spiro atoms. The molecule has 0 saturated carbocycles. The van der Waals surface area contributed by atoms with Crippen LogP contribution in [0.25, 0.3) is 10.8 Å². The second-order valence-corrected chi connectivity index (χ2v) is 5.97. The van der Waals surface area contributed by atoms with Crippen LogP contribution in [0.5, 0.6) is 5.75 Å². The number of fused-ring (bicyclic) bond motifs is 1. The lowest BCUT2D eigenvalue weighted by Crippen LogP contribution is -1.93. The minimum Gasteiger partial charge on any atom is -0.495 e. The number of halogens is 3. The van der Waals surface area contributed by atoms with Crippen LogP contribution in [-0.4, -0.2) is 7.11 Å². The zero-order chi connectivity index (χ0) is 11.0. The van der Waals surface area contributed by atoms with Crippen molar-refractivity contribution in [3.8, 4) is 5.75 Å². The molecule has 0 bridgehead atoms. The van der Waals surface area contributed by atoms with Crippen molar-refractivity contribution in [2.75, 3.05) is 7.11 Å². The van der Waals surface area contributed by atoms with Crippen LogP contribution in [0.1, 0.15) is 0 Å². The Morgan fingerprint density at radius 1 is 1.07 bits per heavy atom. The van der Waals surface area contributed by atoms with Crippen LogP contribution in [0.2, 0.25) is 0 Å². The Morgan fingerprint density at radius 2 is 1.67 bits per heavy atom. The predicted molar refractivity (Wildman–Crippen MR) is 83.6 cm³/mol. The van der Waals surface area contributed by atoms with Crippen molar-refractivity contribution in [1.29, 1.82) is 0 Å². The van der Waals surface area contributed by atoms with E-state index in [4.69, 9.17) is 4.74 Å². The zero-order valence-corrected chi connectivity index (χ0v) is 13.8. The summed E-state index contributed by atoms with van der Waals surface area (Å²) in [6.07, 6.45) is 0. The third-order valence-corrected chi connectivity index (χ3v) is 6.62. The quantitative estimate of drug-likeness (QED) is 0.413. The molecule has 15 heavy (non-hydrogen) atoms. The molecule has 2 aromatic carbocycles. The van der Waals surface area contributed by atoms with Crippen LogP contribution in [0.3, 0.4) is 0 Å². The molecule has 0 aliphatic rings. The lowest BCUT2D eigenvalue weighted by atomic mass is 10.1. The van der Waals surface area contributed by atoms with E-state index in [0.29, 0.717) is 0 Å². The number of methoxy groups -OCH3 is 1. The number of hydrogen-bond donors (Lipinski definition) is 0. The molecule has 0 heterocycles. The lowest BCUT2D eigenvalue weighted by Gasteiger charge is -2.12. The highest BCUT2D eigenvalue weighted by atomic mass is 127. The number of rotatable bonds is 1. The van der Waals surface area contributed by atoms with Crippen LogP contribution >= 0.6 is 61.1 Å². The van der Waals surface area contributed by atoms with Crippen LogP contribution in [0.15, 0.2) is 28.7 Å². The van der Waals surface area contributed by atoms with Gasteiger partial charge in [0.2, 0.25) is 0 Å². The van der Waals surface area contributed by atoms with E-state index in [9.17, 15) is 0 Å². The molecule has 0 atom stereocenters. The van der Waals surface area contributed by atoms with E-state index >= 15 is 0 Å². The molecule has 0 N–H and O–H groups in total. The molecule has 1 nitrogen and oxygen atoms in total. The Balaban J connectivity index is 2.98. The minimum absolute atomic E-state index is 0.943. The van der Waals surface area contributed by atoms with Gasteiger partial charge in [0.25, 0.3) is 0 Å². The van der Waals surface area contributed by atoms with E-state index in [1.54, 1.807) is 7.11 Å². The van der Waals surface area contributed by atoms with Gasteiger partial charge in [0.05, 0.1) is 10.7 Å². The molecule has 2 aromatic rings. The van der Waals surface area contributed by atoms with Crippen molar-refractivity contribution in [3.05, 3.63) is 35.9 Å². The molecule has 0 unspecified atom stereocenters. The maximum atomic E-state index is 5.45. The highest BCUT2D eigenvalue weighted by molar-refractivity contribution is 14.1. The average molecular weight is 489 g/mol. The molecular weight excluding hydrogens is 482 g/mol. The summed E-state index contributed by atoms with van der Waals surface area (Å²) in [6.45, 7) is 0. The molecule has 0 aliphatic heterocycles. The molecule has 0 radical (unpaired) electrons. The van der Waals surface area contributed by atoms with E-state index in [0.717, 1.165) is 19.2 Å². The summed E-state index contributed by atoms with van der Waals surface area (Å²) in [5.74, 6) is 0.943. The highest BCUT2D eigenvalue weighted by Crippen LogP contribution is 2.40. The van der Waals surface area contributed by atoms with E-state index < -0.39 is 0 Å². The fourth-order valence-corrected chi connectivity index (χ4v) is 3.93. The van der Waals surface area contributed by atoms with Gasteiger partial charge in [0, 0.05) is 13.4 Å². The predicted octanol–water partition coefficient (Wildman–Crippen LogP) is 4.82. The zero-order valence-electron chi connectivity index (χ0n) is 7.85. The van der Waals surface area contributed by atoms with E-state index in [2.05, 4.69) is 73.2 Å². The summed E-state index contributed by atoms with van der Waals surface area (Å²) in [4.78, 5) is 0. The smallest absolute Gasteiger partial charge is 0.141 e. The van der Waals surface area contributed by atoms with Gasteiger partial charge in [0.1, 0.15) is 5.75 Å². The first-order chi connectivity index (χ1) is 7.16. The van der Waals surface area contributed by atoms with Crippen molar-refractivity contribution < 1.29 is 4.74 Å². The van der Waals surface area contributed by atoms with E-state index in [1.807, 2.05) is 12.1 Å². The lowest BCUT2D eigenvalue weighted by molar-refractivity contribution is 0.416. The molecule has 0 amide bonds. The van der Waals surface area contributed by atoms with E-state index in [1.165, 1.54) is 8.96 Å². The van der Waals surface area contributed by atoms with Crippen molar-refractivity contribution in [1.82, 2.24) is 0 Å². The highest BCUT2D eigenvalue weighted by Gasteiger charge is 2.14. The largest absolute Gasteiger partial charge is 0.495 e. The Kier molecular flexibility index (Phi) is 3.77. The van der Waals surface area contributed by atoms with Gasteiger partial charge in [-0.3, -0.25) is 0 Å². The third kappa shape index (κ3) is 2.00. The second-order valence-electron chi connectivity index (χ2n) is 3.02. The summed E-state index contributed by atoms with van der Waals surface area (Å²) in [5, 5.41) is 2.39. The van der Waals surface area contributed by atoms with Crippen LogP contribution in [-0.2, 0) is 0 Å². The molecule has 0 aromatic heterocycles. The Labute approximate surface area is 124 Å². The van der Waals surface area contributed by atoms with Crippen LogP contribution in [0, 0.1) is 7.14 Å². The topological polar surface area (TPSA) is 9.23 Å². The number of ether oxygens (including phenoxy) is 1. The van der Waals surface area contributed by atoms with Gasteiger partial charge in [-0.05, 0) is 66.5 Å². The van der Waals surface area contributed by atoms with Gasteiger partial charge in [-0.25, -0.2) is 0 Å². The normalized spacial score (nSPS) is 10.7. The Bertz CT molecular complexity index is 525. The molecule has 0 aliphatic carbocycles. The fourth-order valence-electron chi connectivity index (χ4n) is 1.50. The fraction of sp³-hybridized carbons (Fsp3) is 0.0909. The number of benzene rings is 2. The van der Waals surface area contributed by atoms with E-state index in [-0.39, 0.29) is 0 Å². The van der Waals surface area contributed by atoms with Crippen LogP contribution in [0.4, 0.5) is 0 Å². The summed E-state index contributed by atoms with van der Waals surface area (Å²) in [7, 11) is 1.71. The van der Waals surface area contributed by atoms with Gasteiger partial charge in [-0.2, -0.15) is 0 Å². The van der Waals surface area contributed by atoms with Gasteiger partial charge in [-0.15, -0.1) is 0 Å². The summed E-state index contributed by atoms with van der Waals surface area (Å²) >= 11 is 8.25. The number of hydrogen-bond acceptors (Lipinski definition) is 1. The van der Waals surface area contributed by atoms with Crippen molar-refractivity contribution >= 4 is 71.9 Å². The molecule has 78 valence electrons. The van der Waals surface area contributed by atoms with Gasteiger partial charge in [0.15, 0.2) is 0 Å². The van der Waals surface area contributed by atoms with Crippen molar-refractivity contribution in [2.24, 2.45) is 0 Å². The van der Waals surface area contributed by atoms with Crippen molar-refractivity contribution in [2.45, 2.75) is 0 Å². The maximum Gasteiger partial charge on any atom is 0.141 e. The standard InChI is InChI=1S/C11H7BrI2O/c1-15-11-7-5-3-2-4-6(7)9(13)8(12)10(11)14/h2-5H,1H3. The Morgan fingerprint density at radius 3 is 2.27 bits per heavy atom. The molecular formula is C11H7BrI2O. The van der Waals surface area contributed by atoms with Gasteiger partial charge >= 0.3 is 0 Å². The molecule has 0 fully saturated rings. The minimum atomic E-state index is 0.943. The first-order valence-corrected chi connectivity index (χ1v) is 7.21. The maximum absolute atomic E-state index is 5.45. The SMILES string of the molecule is COc1c(I)c(Br)c(I)c2ccccc12. The monoisotopic (exact) mass is 488 g/mol. The van der Waals surface area contributed by atoms with Gasteiger partial charge in [-0.1, -0.05) is 24.3 Å². The summed E-state index contributed by atoms with van der Waals surface area (Å²) in [6, 6.07) is 8.28. The van der Waals surface area contributed by atoms with Crippen molar-refractivity contribution in [3.63, 3.8) is 0 Å². The third-order valence-electron chi connectivity index (χ3n) is 2.20. The summed E-state index contributed by atoms with van der Waals surface area (Å²) in [5.41, 5.74) is 0. The second kappa shape index (κ2) is 4.75. The molecule has 4 heteroatoms. The Hall–Kier alpha value is 0.440. The van der Waals surface area contributed by atoms with Gasteiger partial charge < -0.3 is 4.74 Å². The molecule has 0 saturated heterocycles. The molecule has 2 rings (SSSR count). The first kappa shape index (κ1) is 11.9.